The molecule has 2 aromatic carbocycles. The highest BCUT2D eigenvalue weighted by molar-refractivity contribution is 6.02. The SMILES string of the molecule is COc1cccc2[nH]c(C(=O)N3C[C@H](c4ccccc4)C[C@H]3C(=O)N[C@H](C#N)C[C@@H]3CCCC3=O)cc12. The summed E-state index contributed by atoms with van der Waals surface area (Å²) in [4.78, 5) is 44.1. The van der Waals surface area contributed by atoms with E-state index in [-0.39, 0.29) is 29.4 Å². The van der Waals surface area contributed by atoms with Gasteiger partial charge in [0.1, 0.15) is 29.3 Å². The van der Waals surface area contributed by atoms with Crippen molar-refractivity contribution >= 4 is 28.5 Å². The number of methoxy groups -OCH3 is 1. The molecular weight excluding hydrogens is 468 g/mol. The van der Waals surface area contributed by atoms with Crippen molar-refractivity contribution in [3.05, 3.63) is 65.9 Å². The molecule has 1 saturated carbocycles. The zero-order valence-electron chi connectivity index (χ0n) is 20.8. The van der Waals surface area contributed by atoms with E-state index in [0.29, 0.717) is 37.3 Å². The fourth-order valence-corrected chi connectivity index (χ4v) is 5.68. The molecule has 4 atom stereocenters. The Morgan fingerprint density at radius 2 is 2.03 bits per heavy atom. The summed E-state index contributed by atoms with van der Waals surface area (Å²) in [5.74, 6) is -0.0373. The Balaban J connectivity index is 1.40. The zero-order valence-corrected chi connectivity index (χ0v) is 20.8. The second kappa shape index (κ2) is 10.5. The Hall–Kier alpha value is -4.12. The highest BCUT2D eigenvalue weighted by Gasteiger charge is 2.41. The number of likely N-dealkylation sites (tertiary alicyclic amines) is 1. The van der Waals surface area contributed by atoms with E-state index in [9.17, 15) is 19.6 Å². The van der Waals surface area contributed by atoms with Crippen molar-refractivity contribution in [1.82, 2.24) is 15.2 Å². The predicted molar refractivity (Wildman–Crippen MR) is 138 cm³/mol. The molecular formula is C29H30N4O4. The highest BCUT2D eigenvalue weighted by atomic mass is 16.5. The number of ketones is 1. The van der Waals surface area contributed by atoms with Crippen molar-refractivity contribution < 1.29 is 19.1 Å². The molecule has 37 heavy (non-hydrogen) atoms. The molecule has 0 spiro atoms. The average molecular weight is 499 g/mol. The molecule has 0 radical (unpaired) electrons. The second-order valence-corrected chi connectivity index (χ2v) is 9.90. The quantitative estimate of drug-likeness (QED) is 0.512. The topological polar surface area (TPSA) is 115 Å². The van der Waals surface area contributed by atoms with Crippen LogP contribution in [0.2, 0.25) is 0 Å². The number of hydrogen-bond donors (Lipinski definition) is 2. The van der Waals surface area contributed by atoms with Crippen molar-refractivity contribution in [2.24, 2.45) is 5.92 Å². The summed E-state index contributed by atoms with van der Waals surface area (Å²) < 4.78 is 5.43. The number of benzene rings is 2. The number of amides is 2. The van der Waals surface area contributed by atoms with E-state index in [2.05, 4.69) is 16.4 Å². The molecule has 2 heterocycles. The number of hydrogen-bond acceptors (Lipinski definition) is 5. The van der Waals surface area contributed by atoms with Crippen LogP contribution in [-0.2, 0) is 9.59 Å². The van der Waals surface area contributed by atoms with E-state index in [4.69, 9.17) is 4.74 Å². The Labute approximate surface area is 215 Å². The van der Waals surface area contributed by atoms with Gasteiger partial charge in [0, 0.05) is 35.7 Å². The molecule has 1 aliphatic carbocycles. The Morgan fingerprint density at radius 3 is 2.73 bits per heavy atom. The van der Waals surface area contributed by atoms with E-state index < -0.39 is 12.1 Å². The summed E-state index contributed by atoms with van der Waals surface area (Å²) in [6.07, 6.45) is 2.88. The first-order valence-corrected chi connectivity index (χ1v) is 12.7. The van der Waals surface area contributed by atoms with Crippen LogP contribution in [0, 0.1) is 17.2 Å². The molecule has 8 nitrogen and oxygen atoms in total. The minimum atomic E-state index is -0.774. The van der Waals surface area contributed by atoms with Gasteiger partial charge in [0.2, 0.25) is 5.91 Å². The van der Waals surface area contributed by atoms with Gasteiger partial charge in [-0.3, -0.25) is 14.4 Å². The molecule has 1 aliphatic heterocycles. The molecule has 2 amide bonds. The van der Waals surface area contributed by atoms with Crippen molar-refractivity contribution in [2.75, 3.05) is 13.7 Å². The van der Waals surface area contributed by atoms with Gasteiger partial charge >= 0.3 is 0 Å². The van der Waals surface area contributed by atoms with Crippen LogP contribution in [0.3, 0.4) is 0 Å². The van der Waals surface area contributed by atoms with Crippen LogP contribution in [0.5, 0.6) is 5.75 Å². The van der Waals surface area contributed by atoms with Crippen LogP contribution in [0.15, 0.2) is 54.6 Å². The van der Waals surface area contributed by atoms with Crippen LogP contribution < -0.4 is 10.1 Å². The monoisotopic (exact) mass is 498 g/mol. The Kier molecular flexibility index (Phi) is 6.95. The third-order valence-corrected chi connectivity index (χ3v) is 7.63. The lowest BCUT2D eigenvalue weighted by Crippen LogP contribution is -2.49. The number of rotatable bonds is 7. The largest absolute Gasteiger partial charge is 0.496 e. The van der Waals surface area contributed by atoms with E-state index in [1.165, 1.54) is 0 Å². The van der Waals surface area contributed by atoms with Crippen molar-refractivity contribution in [1.29, 1.82) is 5.26 Å². The molecule has 3 aromatic rings. The molecule has 2 fully saturated rings. The summed E-state index contributed by atoms with van der Waals surface area (Å²) in [5, 5.41) is 13.3. The van der Waals surface area contributed by atoms with Gasteiger partial charge in [-0.2, -0.15) is 5.26 Å². The molecule has 0 bridgehead atoms. The van der Waals surface area contributed by atoms with E-state index in [0.717, 1.165) is 29.3 Å². The van der Waals surface area contributed by atoms with Gasteiger partial charge in [-0.1, -0.05) is 36.4 Å². The maximum Gasteiger partial charge on any atom is 0.271 e. The summed E-state index contributed by atoms with van der Waals surface area (Å²) in [7, 11) is 1.58. The van der Waals surface area contributed by atoms with Gasteiger partial charge in [0.15, 0.2) is 0 Å². The first kappa shape index (κ1) is 24.6. The van der Waals surface area contributed by atoms with Crippen LogP contribution in [0.1, 0.15) is 54.1 Å². The van der Waals surface area contributed by atoms with Gasteiger partial charge in [0.25, 0.3) is 5.91 Å². The van der Waals surface area contributed by atoms with Crippen LogP contribution >= 0.6 is 0 Å². The lowest BCUT2D eigenvalue weighted by Gasteiger charge is -2.25. The fraction of sp³-hybridized carbons (Fsp3) is 0.379. The number of H-pyrrole nitrogens is 1. The number of nitrogens with one attached hydrogen (secondary N) is 2. The Bertz CT molecular complexity index is 1360. The number of nitriles is 1. The first-order valence-electron chi connectivity index (χ1n) is 12.7. The second-order valence-electron chi connectivity index (χ2n) is 9.90. The fourth-order valence-electron chi connectivity index (χ4n) is 5.68. The number of nitrogens with zero attached hydrogens (tertiary/aromatic N) is 2. The molecule has 2 aliphatic rings. The summed E-state index contributed by atoms with van der Waals surface area (Å²) in [5.41, 5.74) is 2.20. The minimum absolute atomic E-state index is 0.0169. The van der Waals surface area contributed by atoms with Gasteiger partial charge in [-0.15, -0.1) is 0 Å². The van der Waals surface area contributed by atoms with E-state index in [1.807, 2.05) is 48.5 Å². The Morgan fingerprint density at radius 1 is 1.22 bits per heavy atom. The third kappa shape index (κ3) is 4.94. The van der Waals surface area contributed by atoms with Crippen molar-refractivity contribution in [3.63, 3.8) is 0 Å². The number of carbonyl (C=O) groups excluding carboxylic acids is 3. The van der Waals surface area contributed by atoms with Crippen molar-refractivity contribution in [3.8, 4) is 11.8 Å². The highest BCUT2D eigenvalue weighted by Crippen LogP contribution is 2.34. The molecule has 0 unspecified atom stereocenters. The van der Waals surface area contributed by atoms with Gasteiger partial charge in [-0.25, -0.2) is 0 Å². The smallest absolute Gasteiger partial charge is 0.271 e. The number of carbonyl (C=O) groups is 3. The number of fused-ring (bicyclic) bond motifs is 1. The lowest BCUT2D eigenvalue weighted by molar-refractivity contribution is -0.126. The maximum absolute atomic E-state index is 13.7. The van der Waals surface area contributed by atoms with Crippen molar-refractivity contribution in [2.45, 2.75) is 50.1 Å². The molecule has 5 rings (SSSR count). The van der Waals surface area contributed by atoms with E-state index >= 15 is 0 Å². The number of aromatic nitrogens is 1. The predicted octanol–water partition coefficient (Wildman–Crippen LogP) is 3.94. The van der Waals surface area contributed by atoms with Crippen LogP contribution in [0.4, 0.5) is 0 Å². The number of Topliss-reactive ketones (excluding diaryl/α,β-unsaturated/α-hetero) is 1. The third-order valence-electron chi connectivity index (χ3n) is 7.63. The lowest BCUT2D eigenvalue weighted by atomic mass is 9.95. The van der Waals surface area contributed by atoms with Gasteiger partial charge < -0.3 is 19.9 Å². The van der Waals surface area contributed by atoms with E-state index in [1.54, 1.807) is 18.1 Å². The minimum Gasteiger partial charge on any atom is -0.496 e. The summed E-state index contributed by atoms with van der Waals surface area (Å²) in [6, 6.07) is 17.8. The average Bonchev–Trinajstić information content (AvgIpc) is 3.66. The van der Waals surface area contributed by atoms with Crippen LogP contribution in [0.25, 0.3) is 10.9 Å². The molecule has 2 N–H and O–H groups in total. The zero-order chi connectivity index (χ0) is 25.9. The molecule has 1 saturated heterocycles. The van der Waals surface area contributed by atoms with Crippen LogP contribution in [-0.4, -0.2) is 53.2 Å². The van der Waals surface area contributed by atoms with Gasteiger partial charge in [-0.05, 0) is 49.4 Å². The molecule has 1 aromatic heterocycles. The standard InChI is InChI=1S/C29H30N4O4/c1-37-27-12-6-10-23-22(27)15-24(32-23)29(36)33-17-20(18-7-3-2-4-8-18)14-25(33)28(35)31-21(16-30)13-19-9-5-11-26(19)34/h2-4,6-8,10,12,15,19-21,25,32H,5,9,11,13-14,17H2,1H3,(H,31,35)/t19-,20+,21-,25-/m0/s1. The molecule has 8 heteroatoms. The summed E-state index contributed by atoms with van der Waals surface area (Å²) >= 11 is 0. The van der Waals surface area contributed by atoms with Gasteiger partial charge in [0.05, 0.1) is 13.2 Å². The first-order chi connectivity index (χ1) is 18.0. The normalized spacial score (nSPS) is 22.1. The molecule has 190 valence electrons. The maximum atomic E-state index is 13.7. The number of ether oxygens (including phenoxy) is 1. The summed E-state index contributed by atoms with van der Waals surface area (Å²) in [6.45, 7) is 0.381. The number of aromatic amines is 1.